The molecule has 0 aromatic heterocycles. The molecule has 0 amide bonds. The fraction of sp³-hybridized carbons (Fsp3) is 0.500. The predicted octanol–water partition coefficient (Wildman–Crippen LogP) is 3.11. The maximum atomic E-state index is 13.1. The van der Waals surface area contributed by atoms with Crippen LogP contribution in [0.2, 0.25) is 0 Å². The van der Waals surface area contributed by atoms with Gasteiger partial charge < -0.3 is 10.1 Å². The molecule has 1 aromatic rings. The third kappa shape index (κ3) is 3.43. The van der Waals surface area contributed by atoms with Crippen molar-refractivity contribution in [3.8, 4) is 0 Å². The first-order valence-corrected chi connectivity index (χ1v) is 6.39. The van der Waals surface area contributed by atoms with Crippen LogP contribution in [0.1, 0.15) is 25.7 Å². The molecule has 2 rings (SSSR count). The maximum Gasteiger partial charge on any atom is 0.308 e. The molecule has 0 atom stereocenters. The molecular weight excluding hydrogens is 252 g/mol. The molecule has 0 saturated heterocycles. The Morgan fingerprint density at radius 3 is 2.47 bits per heavy atom. The third-order valence-corrected chi connectivity index (χ3v) is 3.55. The molecular formula is C14H17F2NO2. The minimum Gasteiger partial charge on any atom is -0.469 e. The van der Waals surface area contributed by atoms with Crippen LogP contribution in [0.15, 0.2) is 18.2 Å². The second-order valence-corrected chi connectivity index (χ2v) is 4.84. The lowest BCUT2D eigenvalue weighted by Gasteiger charge is -2.28. The zero-order valence-corrected chi connectivity index (χ0v) is 10.8. The molecule has 0 radical (unpaired) electrons. The van der Waals surface area contributed by atoms with Crippen LogP contribution in [-0.4, -0.2) is 19.1 Å². The first-order valence-electron chi connectivity index (χ1n) is 6.39. The first kappa shape index (κ1) is 13.8. The van der Waals surface area contributed by atoms with E-state index in [1.165, 1.54) is 13.2 Å². The predicted molar refractivity (Wildman–Crippen MR) is 67.7 cm³/mol. The van der Waals surface area contributed by atoms with Gasteiger partial charge in [0.1, 0.15) is 0 Å². The highest BCUT2D eigenvalue weighted by Crippen LogP contribution is 2.27. The van der Waals surface area contributed by atoms with Crippen molar-refractivity contribution >= 4 is 11.7 Å². The third-order valence-electron chi connectivity index (χ3n) is 3.55. The fourth-order valence-electron chi connectivity index (χ4n) is 2.46. The second kappa shape index (κ2) is 5.99. The van der Waals surface area contributed by atoms with Gasteiger partial charge in [-0.1, -0.05) is 0 Å². The van der Waals surface area contributed by atoms with Gasteiger partial charge in [0, 0.05) is 17.8 Å². The Morgan fingerprint density at radius 2 is 1.89 bits per heavy atom. The lowest BCUT2D eigenvalue weighted by molar-refractivity contribution is -0.146. The number of methoxy groups -OCH3 is 1. The summed E-state index contributed by atoms with van der Waals surface area (Å²) >= 11 is 0. The van der Waals surface area contributed by atoms with E-state index in [9.17, 15) is 13.6 Å². The Labute approximate surface area is 111 Å². The smallest absolute Gasteiger partial charge is 0.308 e. The maximum absolute atomic E-state index is 13.1. The molecule has 1 N–H and O–H groups in total. The fourth-order valence-corrected chi connectivity index (χ4v) is 2.46. The summed E-state index contributed by atoms with van der Waals surface area (Å²) in [6.45, 7) is 0. The van der Waals surface area contributed by atoms with Crippen LogP contribution < -0.4 is 5.32 Å². The van der Waals surface area contributed by atoms with Crippen molar-refractivity contribution in [3.63, 3.8) is 0 Å². The summed E-state index contributed by atoms with van der Waals surface area (Å²) in [4.78, 5) is 11.4. The molecule has 1 aliphatic carbocycles. The first-order chi connectivity index (χ1) is 9.10. The van der Waals surface area contributed by atoms with Gasteiger partial charge in [0.25, 0.3) is 0 Å². The second-order valence-electron chi connectivity index (χ2n) is 4.84. The number of hydrogen-bond donors (Lipinski definition) is 1. The van der Waals surface area contributed by atoms with Crippen molar-refractivity contribution in [2.24, 2.45) is 5.92 Å². The number of rotatable bonds is 3. The molecule has 19 heavy (non-hydrogen) atoms. The van der Waals surface area contributed by atoms with Crippen molar-refractivity contribution in [2.75, 3.05) is 12.4 Å². The quantitative estimate of drug-likeness (QED) is 0.857. The Bertz CT molecular complexity index is 457. The number of hydrogen-bond acceptors (Lipinski definition) is 3. The summed E-state index contributed by atoms with van der Waals surface area (Å²) in [6.07, 6.45) is 3.15. The molecule has 0 heterocycles. The van der Waals surface area contributed by atoms with Crippen molar-refractivity contribution in [1.82, 2.24) is 0 Å². The summed E-state index contributed by atoms with van der Waals surface area (Å²) in [5.41, 5.74) is 0.570. The van der Waals surface area contributed by atoms with Crippen LogP contribution >= 0.6 is 0 Å². The average Bonchev–Trinajstić information content (AvgIpc) is 2.43. The number of benzene rings is 1. The van der Waals surface area contributed by atoms with Gasteiger partial charge in [0.15, 0.2) is 11.6 Å². The summed E-state index contributed by atoms with van der Waals surface area (Å²) in [5, 5.41) is 3.17. The molecule has 0 unspecified atom stereocenters. The van der Waals surface area contributed by atoms with Crippen molar-refractivity contribution in [1.29, 1.82) is 0 Å². The molecule has 5 heteroatoms. The summed E-state index contributed by atoms with van der Waals surface area (Å²) < 4.78 is 30.6. The molecule has 1 aromatic carbocycles. The van der Waals surface area contributed by atoms with Crippen molar-refractivity contribution in [3.05, 3.63) is 29.8 Å². The number of halogens is 2. The molecule has 0 spiro atoms. The largest absolute Gasteiger partial charge is 0.469 e. The number of carbonyl (C=O) groups is 1. The van der Waals surface area contributed by atoms with E-state index >= 15 is 0 Å². The van der Waals surface area contributed by atoms with Crippen LogP contribution in [-0.2, 0) is 9.53 Å². The van der Waals surface area contributed by atoms with E-state index < -0.39 is 11.6 Å². The molecule has 0 bridgehead atoms. The van der Waals surface area contributed by atoms with Gasteiger partial charge in [-0.05, 0) is 37.8 Å². The highest BCUT2D eigenvalue weighted by atomic mass is 19.2. The number of ether oxygens (including phenoxy) is 1. The number of carbonyl (C=O) groups excluding carboxylic acids is 1. The SMILES string of the molecule is COC(=O)C1CCC(Nc2ccc(F)c(F)c2)CC1. The van der Waals surface area contributed by atoms with Gasteiger partial charge in [-0.15, -0.1) is 0 Å². The Morgan fingerprint density at radius 1 is 1.21 bits per heavy atom. The van der Waals surface area contributed by atoms with E-state index in [1.807, 2.05) is 0 Å². The zero-order valence-electron chi connectivity index (χ0n) is 10.8. The average molecular weight is 269 g/mol. The van der Waals surface area contributed by atoms with Crippen molar-refractivity contribution in [2.45, 2.75) is 31.7 Å². The molecule has 1 saturated carbocycles. The van der Waals surface area contributed by atoms with E-state index in [-0.39, 0.29) is 17.9 Å². The van der Waals surface area contributed by atoms with E-state index in [0.29, 0.717) is 5.69 Å². The van der Waals surface area contributed by atoms with Gasteiger partial charge in [-0.3, -0.25) is 4.79 Å². The van der Waals surface area contributed by atoms with Crippen LogP contribution in [0.4, 0.5) is 14.5 Å². The number of nitrogens with one attached hydrogen (secondary N) is 1. The minimum absolute atomic E-state index is 0.0343. The van der Waals surface area contributed by atoms with Crippen LogP contribution in [0.3, 0.4) is 0 Å². The van der Waals surface area contributed by atoms with Gasteiger partial charge in [-0.2, -0.15) is 0 Å². The normalized spacial score (nSPS) is 22.9. The molecule has 0 aliphatic heterocycles. The molecule has 104 valence electrons. The highest BCUT2D eigenvalue weighted by Gasteiger charge is 2.26. The molecule has 1 aliphatic rings. The van der Waals surface area contributed by atoms with E-state index in [2.05, 4.69) is 5.32 Å². The minimum atomic E-state index is -0.853. The van der Waals surface area contributed by atoms with Crippen LogP contribution in [0.5, 0.6) is 0 Å². The number of anilines is 1. The Hall–Kier alpha value is -1.65. The van der Waals surface area contributed by atoms with E-state index in [4.69, 9.17) is 4.74 Å². The van der Waals surface area contributed by atoms with Crippen molar-refractivity contribution < 1.29 is 18.3 Å². The number of esters is 1. The van der Waals surface area contributed by atoms with E-state index in [1.54, 1.807) is 0 Å². The van der Waals surface area contributed by atoms with Gasteiger partial charge >= 0.3 is 5.97 Å². The highest BCUT2D eigenvalue weighted by molar-refractivity contribution is 5.72. The molecule has 3 nitrogen and oxygen atoms in total. The van der Waals surface area contributed by atoms with E-state index in [0.717, 1.165) is 37.8 Å². The van der Waals surface area contributed by atoms with Gasteiger partial charge in [-0.25, -0.2) is 8.78 Å². The standard InChI is InChI=1S/C14H17F2NO2/c1-19-14(18)9-2-4-10(5-3-9)17-11-6-7-12(15)13(16)8-11/h6-10,17H,2-5H2,1H3. The Balaban J connectivity index is 1.88. The summed E-state index contributed by atoms with van der Waals surface area (Å²) in [7, 11) is 1.40. The van der Waals surface area contributed by atoms with Crippen LogP contribution in [0, 0.1) is 17.6 Å². The zero-order chi connectivity index (χ0) is 13.8. The summed E-state index contributed by atoms with van der Waals surface area (Å²) in [5.74, 6) is -1.90. The lowest BCUT2D eigenvalue weighted by atomic mass is 9.86. The monoisotopic (exact) mass is 269 g/mol. The molecule has 1 fully saturated rings. The lowest BCUT2D eigenvalue weighted by Crippen LogP contribution is -2.29. The topological polar surface area (TPSA) is 38.3 Å². The Kier molecular flexibility index (Phi) is 4.35. The van der Waals surface area contributed by atoms with Crippen LogP contribution in [0.25, 0.3) is 0 Å². The summed E-state index contributed by atoms with van der Waals surface area (Å²) in [6, 6.07) is 3.97. The van der Waals surface area contributed by atoms with Gasteiger partial charge in [0.05, 0.1) is 13.0 Å². The van der Waals surface area contributed by atoms with Gasteiger partial charge in [0.2, 0.25) is 0 Å².